The van der Waals surface area contributed by atoms with Crippen molar-refractivity contribution >= 4 is 11.9 Å². The highest BCUT2D eigenvalue weighted by molar-refractivity contribution is 5.94. The third-order valence-electron chi connectivity index (χ3n) is 2.74. The highest BCUT2D eigenvalue weighted by Crippen LogP contribution is 2.07. The Labute approximate surface area is 128 Å². The van der Waals surface area contributed by atoms with E-state index in [4.69, 9.17) is 21.6 Å². The van der Waals surface area contributed by atoms with Gasteiger partial charge in [0.25, 0.3) is 5.91 Å². The molecule has 0 radical (unpaired) electrons. The molecule has 0 bridgehead atoms. The van der Waals surface area contributed by atoms with Gasteiger partial charge in [-0.25, -0.2) is 4.84 Å². The molecule has 22 heavy (non-hydrogen) atoms. The predicted octanol–water partition coefficient (Wildman–Crippen LogP) is 0.192. The first-order valence-corrected chi connectivity index (χ1v) is 6.75. The standard InChI is InChI=1S/C13H21N5O4/c14-13(15)17-7-2-1-6-16-12(19)11-5-3-4-10(8-11)9-22-18(20)21/h3-5,8,20-21H,1-2,6-7,9H2,(H,16,19)(H4,14,15,17). The van der Waals surface area contributed by atoms with Crippen LogP contribution in [0.25, 0.3) is 0 Å². The molecule has 1 amide bonds. The first kappa shape index (κ1) is 17.9. The maximum absolute atomic E-state index is 11.9. The molecule has 0 saturated heterocycles. The maximum Gasteiger partial charge on any atom is 0.251 e. The number of carbonyl (C=O) groups is 1. The number of hydrogen-bond donors (Lipinski definition) is 6. The average molecular weight is 311 g/mol. The van der Waals surface area contributed by atoms with Crippen LogP contribution in [-0.4, -0.2) is 40.8 Å². The molecule has 9 nitrogen and oxygen atoms in total. The zero-order valence-corrected chi connectivity index (χ0v) is 12.1. The molecule has 0 aliphatic rings. The Bertz CT molecular complexity index is 495. The zero-order chi connectivity index (χ0) is 16.4. The van der Waals surface area contributed by atoms with Gasteiger partial charge in [0.1, 0.15) is 0 Å². The van der Waals surface area contributed by atoms with E-state index in [9.17, 15) is 4.79 Å². The fraction of sp³-hybridized carbons (Fsp3) is 0.385. The zero-order valence-electron chi connectivity index (χ0n) is 12.1. The molecule has 0 fully saturated rings. The Hall–Kier alpha value is -2.20. The Morgan fingerprint density at radius 3 is 2.59 bits per heavy atom. The van der Waals surface area contributed by atoms with Crippen LogP contribution in [0.15, 0.2) is 24.3 Å². The first-order valence-electron chi connectivity index (χ1n) is 6.75. The lowest BCUT2D eigenvalue weighted by Gasteiger charge is -2.09. The summed E-state index contributed by atoms with van der Waals surface area (Å²) in [6.07, 6.45) is 1.55. The van der Waals surface area contributed by atoms with Gasteiger partial charge in [0.05, 0.1) is 12.0 Å². The molecule has 0 aromatic heterocycles. The molecular weight excluding hydrogens is 290 g/mol. The number of rotatable bonds is 9. The molecule has 0 heterocycles. The molecule has 0 atom stereocenters. The number of guanidine groups is 1. The van der Waals surface area contributed by atoms with Crippen LogP contribution in [0.1, 0.15) is 28.8 Å². The van der Waals surface area contributed by atoms with Crippen molar-refractivity contribution < 1.29 is 20.0 Å². The minimum absolute atomic E-state index is 0.0626. The summed E-state index contributed by atoms with van der Waals surface area (Å²) in [4.78, 5) is 16.4. The van der Waals surface area contributed by atoms with Crippen molar-refractivity contribution in [2.45, 2.75) is 19.4 Å². The molecule has 0 unspecified atom stereocenters. The van der Waals surface area contributed by atoms with Crippen molar-refractivity contribution in [2.24, 2.45) is 5.73 Å². The van der Waals surface area contributed by atoms with Crippen LogP contribution in [-0.2, 0) is 11.4 Å². The van der Waals surface area contributed by atoms with Crippen LogP contribution < -0.4 is 16.4 Å². The fourth-order valence-electron chi connectivity index (χ4n) is 1.71. The summed E-state index contributed by atoms with van der Waals surface area (Å²) in [6, 6.07) is 6.65. The van der Waals surface area contributed by atoms with Crippen molar-refractivity contribution in [3.63, 3.8) is 0 Å². The van der Waals surface area contributed by atoms with Crippen molar-refractivity contribution in [1.82, 2.24) is 16.0 Å². The summed E-state index contributed by atoms with van der Waals surface area (Å²) in [5, 5.41) is 29.0. The number of carbonyl (C=O) groups excluding carboxylic acids is 1. The van der Waals surface area contributed by atoms with Crippen molar-refractivity contribution in [3.05, 3.63) is 35.4 Å². The number of nitrogens with one attached hydrogen (secondary N) is 3. The van der Waals surface area contributed by atoms with E-state index < -0.39 is 0 Å². The quantitative estimate of drug-likeness (QED) is 0.165. The Balaban J connectivity index is 2.32. The van der Waals surface area contributed by atoms with Crippen molar-refractivity contribution in [3.8, 4) is 0 Å². The number of benzene rings is 1. The maximum atomic E-state index is 11.9. The molecule has 122 valence electrons. The normalized spacial score (nSPS) is 10.5. The van der Waals surface area contributed by atoms with Gasteiger partial charge in [-0.15, -0.1) is 0 Å². The molecule has 0 aliphatic heterocycles. The smallest absolute Gasteiger partial charge is 0.251 e. The first-order chi connectivity index (χ1) is 10.5. The van der Waals surface area contributed by atoms with E-state index in [1.54, 1.807) is 24.3 Å². The van der Waals surface area contributed by atoms with E-state index in [1.165, 1.54) is 0 Å². The topological polar surface area (TPSA) is 144 Å². The summed E-state index contributed by atoms with van der Waals surface area (Å²) in [7, 11) is 0. The van der Waals surface area contributed by atoms with Crippen molar-refractivity contribution in [1.29, 1.82) is 5.41 Å². The van der Waals surface area contributed by atoms with E-state index in [2.05, 4.69) is 15.5 Å². The lowest BCUT2D eigenvalue weighted by atomic mass is 10.1. The van der Waals surface area contributed by atoms with E-state index in [0.717, 1.165) is 12.8 Å². The van der Waals surface area contributed by atoms with Crippen molar-refractivity contribution in [2.75, 3.05) is 13.1 Å². The molecule has 1 aromatic rings. The van der Waals surface area contributed by atoms with E-state index >= 15 is 0 Å². The molecule has 7 N–H and O–H groups in total. The van der Waals surface area contributed by atoms with Gasteiger partial charge in [-0.3, -0.25) is 20.6 Å². The van der Waals surface area contributed by atoms with Gasteiger partial charge in [0.15, 0.2) is 5.96 Å². The lowest BCUT2D eigenvalue weighted by Crippen LogP contribution is -2.31. The Morgan fingerprint density at radius 2 is 1.95 bits per heavy atom. The minimum Gasteiger partial charge on any atom is -0.370 e. The molecule has 1 aromatic carbocycles. The predicted molar refractivity (Wildman–Crippen MR) is 78.1 cm³/mol. The van der Waals surface area contributed by atoms with Gasteiger partial charge in [-0.05, 0) is 30.5 Å². The summed E-state index contributed by atoms with van der Waals surface area (Å²) in [6.45, 7) is 1.04. The highest BCUT2D eigenvalue weighted by Gasteiger charge is 2.06. The van der Waals surface area contributed by atoms with Crippen LogP contribution in [0, 0.1) is 5.41 Å². The fourth-order valence-corrected chi connectivity index (χ4v) is 1.71. The molecular formula is C13H21N5O4. The van der Waals surface area contributed by atoms with Crippen LogP contribution in [0.3, 0.4) is 0 Å². The lowest BCUT2D eigenvalue weighted by molar-refractivity contribution is -0.497. The Kier molecular flexibility index (Phi) is 7.86. The number of unbranched alkanes of at least 4 members (excludes halogenated alkanes) is 1. The van der Waals surface area contributed by atoms with Crippen LogP contribution in [0.4, 0.5) is 0 Å². The molecule has 0 saturated carbocycles. The average Bonchev–Trinajstić information content (AvgIpc) is 2.48. The van der Waals surface area contributed by atoms with Crippen LogP contribution in [0.5, 0.6) is 0 Å². The third kappa shape index (κ3) is 7.55. The third-order valence-corrected chi connectivity index (χ3v) is 2.74. The van der Waals surface area contributed by atoms with Gasteiger partial charge in [0, 0.05) is 18.7 Å². The molecule has 0 spiro atoms. The second-order valence-corrected chi connectivity index (χ2v) is 4.53. The van der Waals surface area contributed by atoms with E-state index in [-0.39, 0.29) is 23.9 Å². The van der Waals surface area contributed by atoms with E-state index in [1.807, 2.05) is 0 Å². The minimum atomic E-state index is -0.373. The molecule has 0 aliphatic carbocycles. The second kappa shape index (κ2) is 9.68. The number of nitrogens with zero attached hydrogens (tertiary/aromatic N) is 1. The van der Waals surface area contributed by atoms with Gasteiger partial charge < -0.3 is 16.4 Å². The SMILES string of the molecule is N=C(N)NCCCCNC(=O)c1cccc(CON(O)O)c1. The number of nitrogens with two attached hydrogens (primary N) is 1. The largest absolute Gasteiger partial charge is 0.370 e. The van der Waals surface area contributed by atoms with Gasteiger partial charge in [-0.1, -0.05) is 12.1 Å². The molecule has 1 rings (SSSR count). The summed E-state index contributed by atoms with van der Waals surface area (Å²) in [5.74, 6) is -0.279. The van der Waals surface area contributed by atoms with Gasteiger partial charge >= 0.3 is 0 Å². The van der Waals surface area contributed by atoms with Gasteiger partial charge in [0.2, 0.25) is 0 Å². The summed E-state index contributed by atoms with van der Waals surface area (Å²) < 4.78 is 0. The van der Waals surface area contributed by atoms with Gasteiger partial charge in [-0.2, -0.15) is 0 Å². The second-order valence-electron chi connectivity index (χ2n) is 4.53. The van der Waals surface area contributed by atoms with Crippen LogP contribution in [0.2, 0.25) is 0 Å². The monoisotopic (exact) mass is 311 g/mol. The highest BCUT2D eigenvalue weighted by atomic mass is 17.1. The van der Waals surface area contributed by atoms with Crippen LogP contribution >= 0.6 is 0 Å². The summed E-state index contributed by atoms with van der Waals surface area (Å²) in [5.41, 5.74) is 6.24. The van der Waals surface area contributed by atoms with E-state index in [0.29, 0.717) is 24.2 Å². The number of hydrogen-bond acceptors (Lipinski definition) is 6. The number of amides is 1. The molecule has 9 heteroatoms. The summed E-state index contributed by atoms with van der Waals surface area (Å²) >= 11 is 0. The Morgan fingerprint density at radius 1 is 1.27 bits per heavy atom.